The number of aliphatic hydroxyl groups excluding tert-OH is 1. The maximum absolute atomic E-state index is 13.6. The van der Waals surface area contributed by atoms with Crippen LogP contribution in [-0.4, -0.2) is 34.5 Å². The molecule has 1 aromatic heterocycles. The Bertz CT molecular complexity index is 1680. The summed E-state index contributed by atoms with van der Waals surface area (Å²) in [5, 5.41) is 12.5. The zero-order valence-electron chi connectivity index (χ0n) is 22.7. The summed E-state index contributed by atoms with van der Waals surface area (Å²) >= 11 is 7.47. The van der Waals surface area contributed by atoms with Crippen molar-refractivity contribution in [2.75, 3.05) is 11.5 Å². The molecule has 1 fully saturated rings. The second-order valence-electron chi connectivity index (χ2n) is 10.4. The molecule has 0 unspecified atom stereocenters. The molecule has 0 aliphatic carbocycles. The number of rotatable bonds is 8. The highest BCUT2D eigenvalue weighted by molar-refractivity contribution is 7.22. The topological polar surface area (TPSA) is 89.0 Å². The van der Waals surface area contributed by atoms with Crippen LogP contribution < -0.4 is 14.4 Å². The number of hydrogen-bond acceptors (Lipinski definition) is 7. The molecule has 1 saturated heterocycles. The smallest absolute Gasteiger partial charge is 0.301 e. The van der Waals surface area contributed by atoms with E-state index in [-0.39, 0.29) is 17.4 Å². The van der Waals surface area contributed by atoms with Gasteiger partial charge < -0.3 is 14.6 Å². The van der Waals surface area contributed by atoms with E-state index in [1.54, 1.807) is 30.3 Å². The quantitative estimate of drug-likeness (QED) is 0.0994. The number of hydrogen-bond donors (Lipinski definition) is 1. The van der Waals surface area contributed by atoms with Crippen molar-refractivity contribution in [3.8, 4) is 11.5 Å². The second kappa shape index (κ2) is 11.2. The van der Waals surface area contributed by atoms with Gasteiger partial charge in [0.05, 0.1) is 28.4 Å². The Morgan fingerprint density at radius 2 is 1.93 bits per heavy atom. The first-order valence-electron chi connectivity index (χ1n) is 13.7. The standard InChI is InChI=1S/C32H29ClN2O5S/c1-3-4-5-14-39-23-10-6-19(7-11-23)28-27(29(36)20-8-13-25-21(16-20)15-18(2)40-25)30(37)31(38)35(28)32-34-24-12-9-22(33)17-26(24)41-32/h6-13,16-18,28,36H,3-5,14-15H2,1-2H3/t18-,28-/m1/s1. The molecule has 0 bridgehead atoms. The van der Waals surface area contributed by atoms with Crippen molar-refractivity contribution in [3.05, 3.63) is 87.9 Å². The maximum Gasteiger partial charge on any atom is 0.301 e. The number of aromatic nitrogens is 1. The maximum atomic E-state index is 13.6. The average Bonchev–Trinajstić information content (AvgIpc) is 3.63. The normalized spacial score (nSPS) is 19.5. The first kappa shape index (κ1) is 27.3. The van der Waals surface area contributed by atoms with Crippen LogP contribution in [0.4, 0.5) is 5.13 Å². The molecule has 4 aromatic rings. The Balaban J connectivity index is 1.44. The molecule has 41 heavy (non-hydrogen) atoms. The number of unbranched alkanes of at least 4 members (excludes halogenated alkanes) is 2. The fourth-order valence-corrected chi connectivity index (χ4v) is 6.62. The Labute approximate surface area is 247 Å². The van der Waals surface area contributed by atoms with Crippen LogP contribution in [0.1, 0.15) is 55.8 Å². The van der Waals surface area contributed by atoms with Crippen LogP contribution >= 0.6 is 22.9 Å². The van der Waals surface area contributed by atoms with Gasteiger partial charge >= 0.3 is 5.91 Å². The summed E-state index contributed by atoms with van der Waals surface area (Å²) in [5.41, 5.74) is 2.73. The minimum atomic E-state index is -0.886. The fourth-order valence-electron chi connectivity index (χ4n) is 5.35. The number of Topliss-reactive ketones (excluding diaryl/α,β-unsaturated/α-hetero) is 1. The molecule has 2 aliphatic heterocycles. The van der Waals surface area contributed by atoms with Crippen molar-refractivity contribution in [2.24, 2.45) is 0 Å². The van der Waals surface area contributed by atoms with Crippen LogP contribution in [0.5, 0.6) is 11.5 Å². The lowest BCUT2D eigenvalue weighted by molar-refractivity contribution is -0.132. The van der Waals surface area contributed by atoms with E-state index in [4.69, 9.17) is 21.1 Å². The number of benzene rings is 3. The molecule has 2 aliphatic rings. The number of thiazole rings is 1. The van der Waals surface area contributed by atoms with Crippen molar-refractivity contribution < 1.29 is 24.2 Å². The summed E-state index contributed by atoms with van der Waals surface area (Å²) in [5.74, 6) is -0.297. The van der Waals surface area contributed by atoms with Crippen LogP contribution in [0.25, 0.3) is 16.0 Å². The van der Waals surface area contributed by atoms with Gasteiger partial charge in [-0.05, 0) is 73.0 Å². The van der Waals surface area contributed by atoms with Crippen molar-refractivity contribution in [1.82, 2.24) is 4.98 Å². The summed E-state index contributed by atoms with van der Waals surface area (Å²) in [7, 11) is 0. The highest BCUT2D eigenvalue weighted by Crippen LogP contribution is 2.45. The van der Waals surface area contributed by atoms with Crippen LogP contribution in [0.2, 0.25) is 5.02 Å². The van der Waals surface area contributed by atoms with E-state index < -0.39 is 17.7 Å². The molecule has 9 heteroatoms. The first-order valence-corrected chi connectivity index (χ1v) is 14.9. The summed E-state index contributed by atoms with van der Waals surface area (Å²) in [4.78, 5) is 33.3. The molecule has 0 radical (unpaired) electrons. The van der Waals surface area contributed by atoms with Crippen LogP contribution in [0, 0.1) is 0 Å². The molecule has 0 saturated carbocycles. The molecule has 0 spiro atoms. The Kier molecular flexibility index (Phi) is 7.45. The number of carbonyl (C=O) groups is 2. The van der Waals surface area contributed by atoms with E-state index in [1.807, 2.05) is 37.3 Å². The number of nitrogens with zero attached hydrogens (tertiary/aromatic N) is 2. The molecule has 7 nitrogen and oxygen atoms in total. The van der Waals surface area contributed by atoms with Crippen LogP contribution in [0.15, 0.2) is 66.2 Å². The highest BCUT2D eigenvalue weighted by Gasteiger charge is 2.48. The van der Waals surface area contributed by atoms with Crippen LogP contribution in [-0.2, 0) is 16.0 Å². The average molecular weight is 589 g/mol. The van der Waals surface area contributed by atoms with Crippen molar-refractivity contribution in [2.45, 2.75) is 51.7 Å². The minimum Gasteiger partial charge on any atom is -0.507 e. The number of halogens is 1. The number of ketones is 1. The molecular formula is C32H29ClN2O5S. The van der Waals surface area contributed by atoms with Gasteiger partial charge in [0.1, 0.15) is 23.4 Å². The fraction of sp³-hybridized carbons (Fsp3) is 0.281. The summed E-state index contributed by atoms with van der Waals surface area (Å²) < 4.78 is 12.5. The van der Waals surface area contributed by atoms with Crippen molar-refractivity contribution >= 4 is 55.7 Å². The molecule has 210 valence electrons. The number of carbonyl (C=O) groups excluding carboxylic acids is 2. The van der Waals surface area contributed by atoms with Crippen LogP contribution in [0.3, 0.4) is 0 Å². The van der Waals surface area contributed by atoms with E-state index in [2.05, 4.69) is 11.9 Å². The number of ether oxygens (including phenoxy) is 2. The SMILES string of the molecule is CCCCCOc1ccc([C@@H]2C(=C(O)c3ccc4c(c3)C[C@@H](C)O4)C(=O)C(=O)N2c2nc3ccc(Cl)cc3s2)cc1. The molecule has 2 atom stereocenters. The van der Waals surface area contributed by atoms with Gasteiger partial charge in [-0.2, -0.15) is 0 Å². The molecule has 3 heterocycles. The number of fused-ring (bicyclic) bond motifs is 2. The van der Waals surface area contributed by atoms with Gasteiger partial charge in [-0.1, -0.05) is 54.8 Å². The second-order valence-corrected chi connectivity index (χ2v) is 11.8. The number of anilines is 1. The highest BCUT2D eigenvalue weighted by atomic mass is 35.5. The first-order chi connectivity index (χ1) is 19.8. The van der Waals surface area contributed by atoms with E-state index in [1.165, 1.54) is 16.2 Å². The summed E-state index contributed by atoms with van der Waals surface area (Å²) in [6, 6.07) is 17.0. The van der Waals surface area contributed by atoms with Gasteiger partial charge in [0.25, 0.3) is 5.78 Å². The van der Waals surface area contributed by atoms with Gasteiger partial charge in [0, 0.05) is 17.0 Å². The molecule has 3 aromatic carbocycles. The van der Waals surface area contributed by atoms with E-state index in [0.717, 1.165) is 35.3 Å². The minimum absolute atomic E-state index is 0.0100. The lowest BCUT2D eigenvalue weighted by Crippen LogP contribution is -2.29. The Hall–Kier alpha value is -3.88. The summed E-state index contributed by atoms with van der Waals surface area (Å²) in [6.07, 6.45) is 3.89. The third-order valence-electron chi connectivity index (χ3n) is 7.37. The van der Waals surface area contributed by atoms with E-state index >= 15 is 0 Å². The van der Waals surface area contributed by atoms with Gasteiger partial charge in [0.15, 0.2) is 5.13 Å². The van der Waals surface area contributed by atoms with Crippen molar-refractivity contribution in [1.29, 1.82) is 0 Å². The zero-order chi connectivity index (χ0) is 28.7. The zero-order valence-corrected chi connectivity index (χ0v) is 24.3. The molecular weight excluding hydrogens is 560 g/mol. The van der Waals surface area contributed by atoms with E-state index in [0.29, 0.717) is 45.6 Å². The lowest BCUT2D eigenvalue weighted by Gasteiger charge is -2.23. The molecule has 1 N–H and O–H groups in total. The lowest BCUT2D eigenvalue weighted by atomic mass is 9.94. The molecule has 1 amide bonds. The summed E-state index contributed by atoms with van der Waals surface area (Å²) in [6.45, 7) is 4.73. The van der Waals surface area contributed by atoms with E-state index in [9.17, 15) is 14.7 Å². The Morgan fingerprint density at radius 3 is 2.71 bits per heavy atom. The third-order valence-corrected chi connectivity index (χ3v) is 8.62. The van der Waals surface area contributed by atoms with Gasteiger partial charge in [0.2, 0.25) is 0 Å². The third kappa shape index (κ3) is 5.18. The van der Waals surface area contributed by atoms with Gasteiger partial charge in [-0.25, -0.2) is 4.98 Å². The van der Waals surface area contributed by atoms with Gasteiger partial charge in [-0.15, -0.1) is 0 Å². The predicted molar refractivity (Wildman–Crippen MR) is 161 cm³/mol. The van der Waals surface area contributed by atoms with Crippen molar-refractivity contribution in [3.63, 3.8) is 0 Å². The predicted octanol–water partition coefficient (Wildman–Crippen LogP) is 7.47. The Morgan fingerprint density at radius 1 is 1.12 bits per heavy atom. The molecule has 6 rings (SSSR count). The monoisotopic (exact) mass is 588 g/mol. The number of aliphatic hydroxyl groups is 1. The van der Waals surface area contributed by atoms with Gasteiger partial charge in [-0.3, -0.25) is 14.5 Å². The number of amides is 1. The largest absolute Gasteiger partial charge is 0.507 e.